The zero-order valence-electron chi connectivity index (χ0n) is 13.2. The number of carbonyl (C=O) groups is 1. The minimum atomic E-state index is -1.04. The van der Waals surface area contributed by atoms with Crippen molar-refractivity contribution in [2.45, 2.75) is 61.9 Å². The number of aliphatic hydroxyl groups excluding tert-OH is 2. The Morgan fingerprint density at radius 3 is 2.45 bits per heavy atom. The topological polar surface area (TPSA) is 88.0 Å². The smallest absolute Gasteiger partial charge is 0.217 e. The number of hydrogen-bond acceptors (Lipinski definition) is 7. The van der Waals surface area contributed by atoms with Crippen molar-refractivity contribution in [3.63, 3.8) is 0 Å². The van der Waals surface area contributed by atoms with Crippen molar-refractivity contribution < 1.29 is 24.5 Å². The summed E-state index contributed by atoms with van der Waals surface area (Å²) in [4.78, 5) is 11.6. The SMILES string of the molecule is CC(=O)N[C@@H](C1SCCCS1)[C@H]1OC(C)(C)O[C@@H]1[C@H](O)CO. The van der Waals surface area contributed by atoms with Gasteiger partial charge in [-0.25, -0.2) is 0 Å². The summed E-state index contributed by atoms with van der Waals surface area (Å²) >= 11 is 3.58. The Bertz CT molecular complexity index is 389. The summed E-state index contributed by atoms with van der Waals surface area (Å²) in [5.74, 6) is 1.09. The normalized spacial score (nSPS) is 31.7. The van der Waals surface area contributed by atoms with Gasteiger partial charge in [-0.15, -0.1) is 23.5 Å². The first kappa shape index (κ1) is 18.4. The minimum absolute atomic E-state index is 0.137. The number of hydrogen-bond donors (Lipinski definition) is 3. The van der Waals surface area contributed by atoms with Gasteiger partial charge >= 0.3 is 0 Å². The molecule has 2 saturated heterocycles. The number of aliphatic hydroxyl groups is 2. The van der Waals surface area contributed by atoms with Crippen LogP contribution in [0.1, 0.15) is 27.2 Å². The van der Waals surface area contributed by atoms with Gasteiger partial charge < -0.3 is 25.0 Å². The molecule has 0 bridgehead atoms. The lowest BCUT2D eigenvalue weighted by Gasteiger charge is -2.35. The van der Waals surface area contributed by atoms with E-state index in [2.05, 4.69) is 5.32 Å². The van der Waals surface area contributed by atoms with E-state index < -0.39 is 30.7 Å². The standard InChI is InChI=1S/C14H25NO5S2/c1-8(17)15-10(13-21-5-4-6-22-13)12-11(9(18)7-16)19-14(2,3)20-12/h9-13,16,18H,4-7H2,1-3H3,(H,15,17)/t9-,10-,11-,12-/m1/s1. The van der Waals surface area contributed by atoms with E-state index >= 15 is 0 Å². The third kappa shape index (κ3) is 4.52. The Kier molecular flexibility index (Phi) is 6.44. The van der Waals surface area contributed by atoms with Gasteiger partial charge in [-0.05, 0) is 31.8 Å². The third-order valence-corrected chi connectivity index (χ3v) is 6.71. The molecule has 1 amide bonds. The average Bonchev–Trinajstić information content (AvgIpc) is 2.80. The van der Waals surface area contributed by atoms with E-state index in [0.717, 1.165) is 17.9 Å². The molecule has 2 rings (SSSR count). The predicted molar refractivity (Wildman–Crippen MR) is 87.8 cm³/mol. The molecular formula is C14H25NO5S2. The Morgan fingerprint density at radius 2 is 1.91 bits per heavy atom. The van der Waals surface area contributed by atoms with E-state index in [1.54, 1.807) is 37.4 Å². The summed E-state index contributed by atoms with van der Waals surface area (Å²) in [6.45, 7) is 4.62. The first-order valence-corrected chi connectivity index (χ1v) is 9.58. The molecule has 6 nitrogen and oxygen atoms in total. The van der Waals surface area contributed by atoms with Crippen molar-refractivity contribution in [2.75, 3.05) is 18.1 Å². The summed E-state index contributed by atoms with van der Waals surface area (Å²) in [5, 5.41) is 22.3. The Hall–Kier alpha value is 0.01000. The molecule has 4 atom stereocenters. The van der Waals surface area contributed by atoms with Gasteiger partial charge in [0, 0.05) is 6.92 Å². The highest BCUT2D eigenvalue weighted by Gasteiger charge is 2.50. The summed E-state index contributed by atoms with van der Waals surface area (Å²) in [5.41, 5.74) is 0. The van der Waals surface area contributed by atoms with Crippen molar-refractivity contribution in [1.29, 1.82) is 0 Å². The van der Waals surface area contributed by atoms with Crippen molar-refractivity contribution in [3.05, 3.63) is 0 Å². The highest BCUT2D eigenvalue weighted by atomic mass is 32.2. The highest BCUT2D eigenvalue weighted by Crippen LogP contribution is 2.39. The molecule has 0 saturated carbocycles. The zero-order valence-corrected chi connectivity index (χ0v) is 14.8. The maximum absolute atomic E-state index is 11.6. The average molecular weight is 351 g/mol. The van der Waals surface area contributed by atoms with Crippen LogP contribution in [0.5, 0.6) is 0 Å². The van der Waals surface area contributed by atoms with Crippen LogP contribution in [0, 0.1) is 0 Å². The molecule has 0 unspecified atom stereocenters. The molecule has 0 aliphatic carbocycles. The van der Waals surface area contributed by atoms with Gasteiger partial charge in [0.15, 0.2) is 5.79 Å². The molecule has 2 fully saturated rings. The number of carbonyl (C=O) groups excluding carboxylic acids is 1. The predicted octanol–water partition coefficient (Wildman–Crippen LogP) is 0.561. The fourth-order valence-electron chi connectivity index (χ4n) is 2.75. The molecule has 0 aromatic heterocycles. The third-order valence-electron chi connectivity index (χ3n) is 3.60. The monoisotopic (exact) mass is 351 g/mol. The molecule has 2 aliphatic heterocycles. The van der Waals surface area contributed by atoms with Crippen LogP contribution in [0.4, 0.5) is 0 Å². The van der Waals surface area contributed by atoms with Crippen LogP contribution in [0.2, 0.25) is 0 Å². The molecule has 0 aromatic rings. The second kappa shape index (κ2) is 7.72. The Morgan fingerprint density at radius 1 is 1.32 bits per heavy atom. The van der Waals surface area contributed by atoms with Crippen LogP contribution < -0.4 is 5.32 Å². The van der Waals surface area contributed by atoms with Gasteiger partial charge in [0.1, 0.15) is 18.3 Å². The van der Waals surface area contributed by atoms with Gasteiger partial charge in [-0.1, -0.05) is 0 Å². The van der Waals surface area contributed by atoms with Crippen LogP contribution >= 0.6 is 23.5 Å². The summed E-state index contributed by atoms with van der Waals surface area (Å²) in [6.07, 6.45) is -1.06. The molecule has 0 radical (unpaired) electrons. The number of ether oxygens (including phenoxy) is 2. The van der Waals surface area contributed by atoms with Crippen LogP contribution in [0.15, 0.2) is 0 Å². The largest absolute Gasteiger partial charge is 0.394 e. The fourth-order valence-corrected chi connectivity index (χ4v) is 5.84. The van der Waals surface area contributed by atoms with Crippen LogP contribution in [-0.2, 0) is 14.3 Å². The Labute approximate surface area is 139 Å². The van der Waals surface area contributed by atoms with E-state index in [-0.39, 0.29) is 16.5 Å². The maximum atomic E-state index is 11.6. The lowest BCUT2D eigenvalue weighted by atomic mass is 10.0. The fraction of sp³-hybridized carbons (Fsp3) is 0.929. The van der Waals surface area contributed by atoms with Crippen molar-refractivity contribution in [3.8, 4) is 0 Å². The van der Waals surface area contributed by atoms with E-state index in [4.69, 9.17) is 9.47 Å². The second-order valence-electron chi connectivity index (χ2n) is 6.00. The Balaban J connectivity index is 2.20. The van der Waals surface area contributed by atoms with Gasteiger partial charge in [0.05, 0.1) is 17.2 Å². The van der Waals surface area contributed by atoms with Gasteiger partial charge in [-0.2, -0.15) is 0 Å². The maximum Gasteiger partial charge on any atom is 0.217 e. The molecule has 128 valence electrons. The molecule has 2 aliphatic rings. The number of nitrogens with one attached hydrogen (secondary N) is 1. The van der Waals surface area contributed by atoms with Crippen LogP contribution in [0.3, 0.4) is 0 Å². The summed E-state index contributed by atoms with van der Waals surface area (Å²) < 4.78 is 11.9. The number of rotatable bonds is 5. The van der Waals surface area contributed by atoms with Gasteiger partial charge in [-0.3, -0.25) is 4.79 Å². The van der Waals surface area contributed by atoms with Crippen molar-refractivity contribution in [1.82, 2.24) is 5.32 Å². The zero-order chi connectivity index (χ0) is 16.3. The number of amides is 1. The van der Waals surface area contributed by atoms with E-state index in [9.17, 15) is 15.0 Å². The molecule has 22 heavy (non-hydrogen) atoms. The highest BCUT2D eigenvalue weighted by molar-refractivity contribution is 8.17. The van der Waals surface area contributed by atoms with Crippen LogP contribution in [-0.4, -0.2) is 69.0 Å². The van der Waals surface area contributed by atoms with Crippen LogP contribution in [0.25, 0.3) is 0 Å². The molecular weight excluding hydrogens is 326 g/mol. The summed E-state index contributed by atoms with van der Waals surface area (Å²) in [7, 11) is 0. The molecule has 3 N–H and O–H groups in total. The second-order valence-corrected chi connectivity index (χ2v) is 8.80. The van der Waals surface area contributed by atoms with Gasteiger partial charge in [0.25, 0.3) is 0 Å². The summed E-state index contributed by atoms with van der Waals surface area (Å²) in [6, 6.07) is -0.277. The lowest BCUT2D eigenvalue weighted by Crippen LogP contribution is -2.55. The molecule has 0 aromatic carbocycles. The first-order valence-electron chi connectivity index (χ1n) is 7.49. The van der Waals surface area contributed by atoms with E-state index in [1.165, 1.54) is 6.92 Å². The molecule has 2 heterocycles. The van der Waals surface area contributed by atoms with E-state index in [0.29, 0.717) is 0 Å². The van der Waals surface area contributed by atoms with E-state index in [1.807, 2.05) is 0 Å². The molecule has 0 spiro atoms. The molecule has 8 heteroatoms. The van der Waals surface area contributed by atoms with Crippen molar-refractivity contribution >= 4 is 29.4 Å². The van der Waals surface area contributed by atoms with Crippen molar-refractivity contribution in [2.24, 2.45) is 0 Å². The first-order chi connectivity index (χ1) is 10.3. The quantitative estimate of drug-likeness (QED) is 0.667. The minimum Gasteiger partial charge on any atom is -0.394 e. The van der Waals surface area contributed by atoms with Gasteiger partial charge in [0.2, 0.25) is 5.91 Å². The number of thioether (sulfide) groups is 2. The lowest BCUT2D eigenvalue weighted by molar-refractivity contribution is -0.158.